The Morgan fingerprint density at radius 1 is 1.16 bits per heavy atom. The monoisotopic (exact) mass is 358 g/mol. The summed E-state index contributed by atoms with van der Waals surface area (Å²) in [7, 11) is 0. The minimum absolute atomic E-state index is 0.0787. The zero-order valence-corrected chi connectivity index (χ0v) is 14.9. The van der Waals surface area contributed by atoms with Crippen LogP contribution in [0.2, 0.25) is 0 Å². The highest BCUT2D eigenvalue weighted by atomic mass is 32.1. The normalized spacial score (nSPS) is 17.3. The highest BCUT2D eigenvalue weighted by Crippen LogP contribution is 2.35. The maximum Gasteiger partial charge on any atom is 0.226 e. The van der Waals surface area contributed by atoms with Gasteiger partial charge in [-0.1, -0.05) is 19.3 Å². The number of ether oxygens (including phenoxy) is 2. The minimum Gasteiger partial charge on any atom is -0.486 e. The number of rotatable bonds is 4. The third-order valence-electron chi connectivity index (χ3n) is 4.79. The molecule has 5 nitrogen and oxygen atoms in total. The second-order valence-corrected chi connectivity index (χ2v) is 7.51. The molecule has 1 fully saturated rings. The summed E-state index contributed by atoms with van der Waals surface area (Å²) in [5, 5.41) is 5.57. The molecule has 1 aromatic carbocycles. The van der Waals surface area contributed by atoms with E-state index in [-0.39, 0.29) is 5.91 Å². The molecule has 0 unspecified atom stereocenters. The van der Waals surface area contributed by atoms with E-state index in [0.29, 0.717) is 30.7 Å². The molecular formula is C19H22N2O3S. The van der Waals surface area contributed by atoms with Crippen molar-refractivity contribution in [3.05, 3.63) is 23.6 Å². The van der Waals surface area contributed by atoms with Crippen molar-refractivity contribution < 1.29 is 14.3 Å². The molecule has 1 saturated carbocycles. The number of nitrogens with one attached hydrogen (secondary N) is 1. The maximum absolute atomic E-state index is 12.2. The summed E-state index contributed by atoms with van der Waals surface area (Å²) < 4.78 is 11.2. The highest BCUT2D eigenvalue weighted by Gasteiger charge is 2.18. The lowest BCUT2D eigenvalue weighted by Crippen LogP contribution is -2.18. The van der Waals surface area contributed by atoms with Gasteiger partial charge < -0.3 is 14.8 Å². The molecule has 2 aromatic rings. The summed E-state index contributed by atoms with van der Waals surface area (Å²) in [5.41, 5.74) is 1.81. The highest BCUT2D eigenvalue weighted by molar-refractivity contribution is 7.14. The van der Waals surface area contributed by atoms with Gasteiger partial charge in [-0.3, -0.25) is 4.79 Å². The average Bonchev–Trinajstić information content (AvgIpc) is 3.10. The molecule has 1 aliphatic carbocycles. The zero-order valence-electron chi connectivity index (χ0n) is 14.1. The number of fused-ring (bicyclic) bond motifs is 1. The lowest BCUT2D eigenvalue weighted by atomic mass is 9.87. The van der Waals surface area contributed by atoms with Gasteiger partial charge in [-0.2, -0.15) is 0 Å². The van der Waals surface area contributed by atoms with E-state index in [4.69, 9.17) is 9.47 Å². The summed E-state index contributed by atoms with van der Waals surface area (Å²) in [6, 6.07) is 5.82. The van der Waals surface area contributed by atoms with Crippen LogP contribution in [0, 0.1) is 5.92 Å². The summed E-state index contributed by atoms with van der Waals surface area (Å²) in [6.45, 7) is 1.15. The topological polar surface area (TPSA) is 60.5 Å². The van der Waals surface area contributed by atoms with Crippen molar-refractivity contribution in [2.75, 3.05) is 18.5 Å². The van der Waals surface area contributed by atoms with E-state index in [1.807, 2.05) is 23.6 Å². The fraction of sp³-hybridized carbons (Fsp3) is 0.474. The number of hydrogen-bond donors (Lipinski definition) is 1. The van der Waals surface area contributed by atoms with Crippen molar-refractivity contribution in [1.82, 2.24) is 4.98 Å². The van der Waals surface area contributed by atoms with E-state index in [0.717, 1.165) is 22.8 Å². The number of amides is 1. The maximum atomic E-state index is 12.2. The number of benzene rings is 1. The van der Waals surface area contributed by atoms with Gasteiger partial charge in [-0.15, -0.1) is 11.3 Å². The van der Waals surface area contributed by atoms with Gasteiger partial charge >= 0.3 is 0 Å². The number of thiazole rings is 1. The van der Waals surface area contributed by atoms with Gasteiger partial charge in [0.1, 0.15) is 13.2 Å². The summed E-state index contributed by atoms with van der Waals surface area (Å²) in [4.78, 5) is 16.8. The van der Waals surface area contributed by atoms with E-state index in [9.17, 15) is 4.79 Å². The van der Waals surface area contributed by atoms with Crippen molar-refractivity contribution in [3.8, 4) is 22.8 Å². The Balaban J connectivity index is 1.40. The van der Waals surface area contributed by atoms with Crippen molar-refractivity contribution in [2.45, 2.75) is 38.5 Å². The second kappa shape index (κ2) is 7.44. The Morgan fingerprint density at radius 2 is 1.96 bits per heavy atom. The van der Waals surface area contributed by atoms with Gasteiger partial charge in [0.25, 0.3) is 0 Å². The number of aromatic nitrogens is 1. The van der Waals surface area contributed by atoms with E-state index in [2.05, 4.69) is 10.3 Å². The largest absolute Gasteiger partial charge is 0.486 e. The van der Waals surface area contributed by atoms with Crippen LogP contribution in [0.5, 0.6) is 11.5 Å². The van der Waals surface area contributed by atoms with Crippen LogP contribution < -0.4 is 14.8 Å². The Labute approximate surface area is 151 Å². The van der Waals surface area contributed by atoms with Crippen molar-refractivity contribution in [1.29, 1.82) is 0 Å². The molecular weight excluding hydrogens is 336 g/mol. The van der Waals surface area contributed by atoms with Gasteiger partial charge in [0.15, 0.2) is 16.6 Å². The molecule has 2 aliphatic rings. The molecule has 6 heteroatoms. The predicted molar refractivity (Wildman–Crippen MR) is 98.4 cm³/mol. The van der Waals surface area contributed by atoms with Crippen LogP contribution >= 0.6 is 11.3 Å². The summed E-state index contributed by atoms with van der Waals surface area (Å²) >= 11 is 1.46. The first-order chi connectivity index (χ1) is 12.3. The zero-order chi connectivity index (χ0) is 17.1. The molecule has 4 rings (SSSR count). The van der Waals surface area contributed by atoms with Gasteiger partial charge in [0.2, 0.25) is 5.91 Å². The van der Waals surface area contributed by atoms with Crippen molar-refractivity contribution in [2.24, 2.45) is 5.92 Å². The van der Waals surface area contributed by atoms with E-state index in [1.165, 1.54) is 43.4 Å². The molecule has 1 N–H and O–H groups in total. The molecule has 0 atom stereocenters. The average molecular weight is 358 g/mol. The molecule has 0 bridgehead atoms. The molecule has 2 heterocycles. The van der Waals surface area contributed by atoms with Gasteiger partial charge in [-0.05, 0) is 37.0 Å². The van der Waals surface area contributed by atoms with Crippen LogP contribution in [-0.2, 0) is 4.79 Å². The van der Waals surface area contributed by atoms with E-state index < -0.39 is 0 Å². The van der Waals surface area contributed by atoms with Crippen molar-refractivity contribution in [3.63, 3.8) is 0 Å². The lowest BCUT2D eigenvalue weighted by molar-refractivity contribution is -0.117. The molecule has 1 aliphatic heterocycles. The fourth-order valence-electron chi connectivity index (χ4n) is 3.49. The number of nitrogens with zero attached hydrogens (tertiary/aromatic N) is 1. The third-order valence-corrected chi connectivity index (χ3v) is 5.55. The number of carbonyl (C=O) groups is 1. The minimum atomic E-state index is 0.0787. The first-order valence-electron chi connectivity index (χ1n) is 8.93. The predicted octanol–water partition coefficient (Wildman–Crippen LogP) is 4.49. The Hall–Kier alpha value is -2.08. The molecule has 0 saturated heterocycles. The molecule has 25 heavy (non-hydrogen) atoms. The smallest absolute Gasteiger partial charge is 0.226 e. The number of hydrogen-bond acceptors (Lipinski definition) is 5. The Bertz CT molecular complexity index is 753. The van der Waals surface area contributed by atoms with E-state index >= 15 is 0 Å². The lowest BCUT2D eigenvalue weighted by Gasteiger charge is -2.20. The van der Waals surface area contributed by atoms with Crippen LogP contribution in [-0.4, -0.2) is 24.1 Å². The Kier molecular flexibility index (Phi) is 4.88. The van der Waals surface area contributed by atoms with Crippen LogP contribution in [0.1, 0.15) is 38.5 Å². The van der Waals surface area contributed by atoms with Crippen LogP contribution in [0.15, 0.2) is 23.6 Å². The fourth-order valence-corrected chi connectivity index (χ4v) is 4.23. The molecule has 1 amide bonds. The molecule has 1 aromatic heterocycles. The second-order valence-electron chi connectivity index (χ2n) is 6.65. The van der Waals surface area contributed by atoms with Crippen molar-refractivity contribution >= 4 is 22.4 Å². The number of carbonyl (C=O) groups excluding carboxylic acids is 1. The first-order valence-corrected chi connectivity index (χ1v) is 9.81. The van der Waals surface area contributed by atoms with E-state index in [1.54, 1.807) is 0 Å². The SMILES string of the molecule is O=C(CC1CCCCC1)Nc1nc(-c2ccc3c(c2)OCCO3)cs1. The van der Waals surface area contributed by atoms with Crippen LogP contribution in [0.4, 0.5) is 5.13 Å². The van der Waals surface area contributed by atoms with Crippen LogP contribution in [0.3, 0.4) is 0 Å². The van der Waals surface area contributed by atoms with Gasteiger partial charge in [0.05, 0.1) is 5.69 Å². The molecule has 0 radical (unpaired) electrons. The third kappa shape index (κ3) is 3.95. The van der Waals surface area contributed by atoms with Gasteiger partial charge in [-0.25, -0.2) is 4.98 Å². The van der Waals surface area contributed by atoms with Crippen LogP contribution in [0.25, 0.3) is 11.3 Å². The quantitative estimate of drug-likeness (QED) is 0.875. The summed E-state index contributed by atoms with van der Waals surface area (Å²) in [5.74, 6) is 2.13. The summed E-state index contributed by atoms with van der Waals surface area (Å²) in [6.07, 6.45) is 6.77. The first kappa shape index (κ1) is 16.4. The molecule has 132 valence electrons. The standard InChI is InChI=1S/C19H22N2O3S/c22-18(10-13-4-2-1-3-5-13)21-19-20-15(12-25-19)14-6-7-16-17(11-14)24-9-8-23-16/h6-7,11-13H,1-5,8-10H2,(H,20,21,22). The van der Waals surface area contributed by atoms with Gasteiger partial charge in [0, 0.05) is 17.4 Å². The Morgan fingerprint density at radius 3 is 2.80 bits per heavy atom. The molecule has 0 spiro atoms. The number of anilines is 1.